The number of Topliss-reactive ketones (excluding diaryl/α,β-unsaturated/α-hetero) is 1. The molecule has 242 valence electrons. The van der Waals surface area contributed by atoms with Crippen LogP contribution in [0.1, 0.15) is 194 Å². The second-order valence-corrected chi connectivity index (χ2v) is 13.0. The van der Waals surface area contributed by atoms with Crippen LogP contribution in [0.5, 0.6) is 0 Å². The Morgan fingerprint density at radius 1 is 0.634 bits per heavy atom. The summed E-state index contributed by atoms with van der Waals surface area (Å²) in [4.78, 5) is 17.6. The van der Waals surface area contributed by atoms with E-state index in [1.807, 2.05) is 0 Å². The maximum atomic E-state index is 13.2. The number of ketones is 1. The zero-order valence-corrected chi connectivity index (χ0v) is 28.1. The molecule has 2 atom stereocenters. The Hall–Kier alpha value is -0.900. The van der Waals surface area contributed by atoms with Crippen LogP contribution in [0, 0.1) is 5.92 Å². The normalized spacial score (nSPS) is 14.7. The van der Waals surface area contributed by atoms with Gasteiger partial charge in [0.2, 0.25) is 5.78 Å². The lowest BCUT2D eigenvalue weighted by Gasteiger charge is -2.23. The summed E-state index contributed by atoms with van der Waals surface area (Å²) in [5.74, 6) is 0.715. The molecule has 1 heterocycles. The standard InChI is InChI=1S/C37H72N2O2/c1-4-6-8-10-12-14-16-17-18-19-20-21-23-25-27-29-33-41-34(3)35(36(40)37-38-31-32-39-37)30-28-26-24-22-15-13-11-9-7-5-2/h34-35H,4-33H2,1-3H3,(H,38,39). The molecular weight excluding hydrogens is 504 g/mol. The Morgan fingerprint density at radius 3 is 1.41 bits per heavy atom. The molecule has 0 aromatic rings. The lowest BCUT2D eigenvalue weighted by molar-refractivity contribution is -0.121. The van der Waals surface area contributed by atoms with Crippen molar-refractivity contribution in [1.82, 2.24) is 5.32 Å². The zero-order valence-electron chi connectivity index (χ0n) is 28.1. The molecule has 0 fully saturated rings. The van der Waals surface area contributed by atoms with Gasteiger partial charge in [-0.15, -0.1) is 0 Å². The highest BCUT2D eigenvalue weighted by Gasteiger charge is 2.29. The topological polar surface area (TPSA) is 50.7 Å². The SMILES string of the molecule is CCCCCCCCCCCCCCCCCCOC(C)C(CCCCCCCCCCCC)C(=O)C1=NCCN1. The fourth-order valence-corrected chi connectivity index (χ4v) is 6.20. The highest BCUT2D eigenvalue weighted by Crippen LogP contribution is 2.21. The lowest BCUT2D eigenvalue weighted by atomic mass is 9.90. The van der Waals surface area contributed by atoms with Gasteiger partial charge in [0, 0.05) is 13.2 Å². The fraction of sp³-hybridized carbons (Fsp3) is 0.946. The van der Waals surface area contributed by atoms with Crippen molar-refractivity contribution in [3.63, 3.8) is 0 Å². The van der Waals surface area contributed by atoms with Gasteiger partial charge in [-0.2, -0.15) is 0 Å². The molecule has 0 bridgehead atoms. The van der Waals surface area contributed by atoms with Gasteiger partial charge < -0.3 is 10.1 Å². The summed E-state index contributed by atoms with van der Waals surface area (Å²) in [5, 5.41) is 3.20. The van der Waals surface area contributed by atoms with Crippen LogP contribution < -0.4 is 5.32 Å². The highest BCUT2D eigenvalue weighted by atomic mass is 16.5. The average Bonchev–Trinajstić information content (AvgIpc) is 3.52. The summed E-state index contributed by atoms with van der Waals surface area (Å²) in [7, 11) is 0. The number of aliphatic imine (C=N–C) groups is 1. The van der Waals surface area contributed by atoms with Crippen molar-refractivity contribution in [1.29, 1.82) is 0 Å². The van der Waals surface area contributed by atoms with E-state index in [4.69, 9.17) is 4.74 Å². The minimum absolute atomic E-state index is 0.0255. The van der Waals surface area contributed by atoms with E-state index >= 15 is 0 Å². The van der Waals surface area contributed by atoms with Crippen LogP contribution in [0.2, 0.25) is 0 Å². The second kappa shape index (κ2) is 29.2. The molecule has 0 spiro atoms. The van der Waals surface area contributed by atoms with Gasteiger partial charge in [0.1, 0.15) is 0 Å². The number of nitrogens with zero attached hydrogens (tertiary/aromatic N) is 1. The number of carbonyl (C=O) groups excluding carboxylic acids is 1. The van der Waals surface area contributed by atoms with Gasteiger partial charge in [0.25, 0.3) is 0 Å². The predicted molar refractivity (Wildman–Crippen MR) is 180 cm³/mol. The number of rotatable bonds is 32. The van der Waals surface area contributed by atoms with Gasteiger partial charge in [-0.05, 0) is 19.8 Å². The summed E-state index contributed by atoms with van der Waals surface area (Å²) in [6.07, 6.45) is 36.3. The molecule has 0 saturated carbocycles. The van der Waals surface area contributed by atoms with Crippen molar-refractivity contribution < 1.29 is 9.53 Å². The van der Waals surface area contributed by atoms with Crippen LogP contribution in [0.4, 0.5) is 0 Å². The minimum atomic E-state index is -0.0607. The molecule has 41 heavy (non-hydrogen) atoms. The monoisotopic (exact) mass is 577 g/mol. The molecule has 0 aromatic heterocycles. The van der Waals surface area contributed by atoms with E-state index in [0.29, 0.717) is 5.84 Å². The van der Waals surface area contributed by atoms with E-state index in [2.05, 4.69) is 31.1 Å². The first kappa shape index (κ1) is 38.1. The third-order valence-corrected chi connectivity index (χ3v) is 9.06. The first-order valence-electron chi connectivity index (χ1n) is 18.6. The van der Waals surface area contributed by atoms with Crippen molar-refractivity contribution in [2.24, 2.45) is 10.9 Å². The smallest absolute Gasteiger partial charge is 0.202 e. The minimum Gasteiger partial charge on any atom is -0.378 e. The maximum absolute atomic E-state index is 13.2. The molecule has 2 unspecified atom stereocenters. The Balaban J connectivity index is 2.07. The van der Waals surface area contributed by atoms with Gasteiger partial charge in [-0.1, -0.05) is 174 Å². The Morgan fingerprint density at radius 2 is 1.02 bits per heavy atom. The molecule has 4 nitrogen and oxygen atoms in total. The van der Waals surface area contributed by atoms with E-state index in [1.54, 1.807) is 0 Å². The molecule has 4 heteroatoms. The number of unbranched alkanes of at least 4 members (excludes halogenated alkanes) is 24. The summed E-state index contributed by atoms with van der Waals surface area (Å²) < 4.78 is 6.24. The van der Waals surface area contributed by atoms with Crippen molar-refractivity contribution in [2.75, 3.05) is 19.7 Å². The molecule has 1 rings (SSSR count). The molecule has 0 aliphatic carbocycles. The molecule has 1 aliphatic rings. The molecule has 1 aliphatic heterocycles. The quantitative estimate of drug-likeness (QED) is 0.0810. The first-order valence-corrected chi connectivity index (χ1v) is 18.6. The largest absolute Gasteiger partial charge is 0.378 e. The highest BCUT2D eigenvalue weighted by molar-refractivity contribution is 6.40. The first-order chi connectivity index (χ1) is 20.2. The number of carbonyl (C=O) groups is 1. The lowest BCUT2D eigenvalue weighted by Crippen LogP contribution is -2.38. The van der Waals surface area contributed by atoms with Crippen molar-refractivity contribution in [2.45, 2.75) is 200 Å². The maximum Gasteiger partial charge on any atom is 0.202 e. The molecule has 1 N–H and O–H groups in total. The van der Waals surface area contributed by atoms with E-state index in [-0.39, 0.29) is 17.8 Å². The Kier molecular flexibility index (Phi) is 27.1. The zero-order chi connectivity index (χ0) is 29.6. The van der Waals surface area contributed by atoms with Crippen molar-refractivity contribution >= 4 is 11.6 Å². The third-order valence-electron chi connectivity index (χ3n) is 9.06. The fourth-order valence-electron chi connectivity index (χ4n) is 6.20. The Labute approximate surface area is 257 Å². The van der Waals surface area contributed by atoms with E-state index < -0.39 is 0 Å². The van der Waals surface area contributed by atoms with Crippen LogP contribution >= 0.6 is 0 Å². The van der Waals surface area contributed by atoms with Gasteiger partial charge in [-0.25, -0.2) is 0 Å². The van der Waals surface area contributed by atoms with Crippen molar-refractivity contribution in [3.8, 4) is 0 Å². The molecule has 0 amide bonds. The van der Waals surface area contributed by atoms with Gasteiger partial charge in [-0.3, -0.25) is 9.79 Å². The van der Waals surface area contributed by atoms with Crippen LogP contribution in [0.3, 0.4) is 0 Å². The van der Waals surface area contributed by atoms with Gasteiger partial charge in [0.05, 0.1) is 18.6 Å². The molecular formula is C37H72N2O2. The van der Waals surface area contributed by atoms with Crippen LogP contribution in [-0.2, 0) is 9.53 Å². The number of nitrogens with one attached hydrogen (secondary N) is 1. The molecule has 0 saturated heterocycles. The van der Waals surface area contributed by atoms with Crippen LogP contribution in [0.25, 0.3) is 0 Å². The van der Waals surface area contributed by atoms with Crippen LogP contribution in [-0.4, -0.2) is 37.4 Å². The number of amidine groups is 1. The average molecular weight is 577 g/mol. The molecule has 0 aromatic carbocycles. The number of ether oxygens (including phenoxy) is 1. The van der Waals surface area contributed by atoms with Gasteiger partial charge >= 0.3 is 0 Å². The third kappa shape index (κ3) is 22.3. The van der Waals surface area contributed by atoms with Crippen molar-refractivity contribution in [3.05, 3.63) is 0 Å². The van der Waals surface area contributed by atoms with E-state index in [9.17, 15) is 4.79 Å². The number of hydrogen-bond donors (Lipinski definition) is 1. The molecule has 0 radical (unpaired) electrons. The summed E-state index contributed by atoms with van der Waals surface area (Å²) >= 11 is 0. The number of hydrogen-bond acceptors (Lipinski definition) is 4. The van der Waals surface area contributed by atoms with E-state index in [0.717, 1.165) is 39.0 Å². The predicted octanol–water partition coefficient (Wildman–Crippen LogP) is 11.2. The second-order valence-electron chi connectivity index (χ2n) is 13.0. The van der Waals surface area contributed by atoms with E-state index in [1.165, 1.54) is 154 Å². The summed E-state index contributed by atoms with van der Waals surface area (Å²) in [6.45, 7) is 8.98. The Bertz CT molecular complexity index is 606. The van der Waals surface area contributed by atoms with Crippen LogP contribution in [0.15, 0.2) is 4.99 Å². The summed E-state index contributed by atoms with van der Waals surface area (Å²) in [5.41, 5.74) is 0. The van der Waals surface area contributed by atoms with Gasteiger partial charge in [0.15, 0.2) is 5.84 Å². The summed E-state index contributed by atoms with van der Waals surface area (Å²) in [6, 6.07) is 0.